The van der Waals surface area contributed by atoms with Gasteiger partial charge in [0.25, 0.3) is 0 Å². The molecule has 2 N–H and O–H groups in total. The molecule has 20 heavy (non-hydrogen) atoms. The summed E-state index contributed by atoms with van der Waals surface area (Å²) in [6.45, 7) is 8.40. The summed E-state index contributed by atoms with van der Waals surface area (Å²) >= 11 is 0. The lowest BCUT2D eigenvalue weighted by Crippen LogP contribution is -2.56. The zero-order valence-corrected chi connectivity index (χ0v) is 12.4. The Hall–Kier alpha value is -2.05. The number of amides is 1. The maximum atomic E-state index is 11.7. The molecule has 1 amide bonds. The van der Waals surface area contributed by atoms with E-state index in [1.54, 1.807) is 33.2 Å². The molecule has 0 aliphatic carbocycles. The van der Waals surface area contributed by atoms with Crippen LogP contribution in [0.5, 0.6) is 0 Å². The van der Waals surface area contributed by atoms with Crippen molar-refractivity contribution in [3.8, 4) is 0 Å². The van der Waals surface area contributed by atoms with Gasteiger partial charge in [-0.25, -0.2) is 9.59 Å². The molecule has 0 aliphatic heterocycles. The zero-order chi connectivity index (χ0) is 15.6. The van der Waals surface area contributed by atoms with Crippen LogP contribution >= 0.6 is 0 Å². The number of ether oxygens (including phenoxy) is 1. The standard InChI is InChI=1S/C13H21N3O4/c1-9-6-14-16(7-9)8-13(5,10(17)18)15-11(19)20-12(2,3)4/h6-7H,8H2,1-5H3,(H,15,19)(H,17,18). The second-order valence-corrected chi connectivity index (χ2v) is 5.98. The van der Waals surface area contributed by atoms with Crippen LogP contribution in [0.2, 0.25) is 0 Å². The molecule has 0 aromatic carbocycles. The number of aliphatic carboxylic acids is 1. The van der Waals surface area contributed by atoms with Gasteiger partial charge < -0.3 is 15.2 Å². The summed E-state index contributed by atoms with van der Waals surface area (Å²) in [7, 11) is 0. The number of aryl methyl sites for hydroxylation is 1. The van der Waals surface area contributed by atoms with Gasteiger partial charge in [0.2, 0.25) is 0 Å². The van der Waals surface area contributed by atoms with Crippen LogP contribution in [-0.4, -0.2) is 38.1 Å². The van der Waals surface area contributed by atoms with Crippen LogP contribution in [0.3, 0.4) is 0 Å². The number of carboxylic acids is 1. The van der Waals surface area contributed by atoms with Crippen molar-refractivity contribution in [2.45, 2.75) is 52.3 Å². The van der Waals surface area contributed by atoms with Gasteiger partial charge in [0.15, 0.2) is 5.54 Å². The van der Waals surface area contributed by atoms with Gasteiger partial charge in [0.1, 0.15) is 5.60 Å². The number of hydrogen-bond acceptors (Lipinski definition) is 4. The number of nitrogens with one attached hydrogen (secondary N) is 1. The third kappa shape index (κ3) is 4.56. The highest BCUT2D eigenvalue weighted by molar-refractivity contribution is 5.83. The molecule has 0 spiro atoms. The molecule has 0 radical (unpaired) electrons. The summed E-state index contributed by atoms with van der Waals surface area (Å²) in [4.78, 5) is 23.2. The van der Waals surface area contributed by atoms with E-state index in [2.05, 4.69) is 10.4 Å². The summed E-state index contributed by atoms with van der Waals surface area (Å²) < 4.78 is 6.56. The van der Waals surface area contributed by atoms with E-state index in [-0.39, 0.29) is 6.54 Å². The highest BCUT2D eigenvalue weighted by Gasteiger charge is 2.37. The molecule has 7 heteroatoms. The lowest BCUT2D eigenvalue weighted by Gasteiger charge is -2.28. The van der Waals surface area contributed by atoms with Crippen molar-refractivity contribution in [3.63, 3.8) is 0 Å². The van der Waals surface area contributed by atoms with Crippen LogP contribution in [0.15, 0.2) is 12.4 Å². The van der Waals surface area contributed by atoms with E-state index in [0.717, 1.165) is 5.56 Å². The van der Waals surface area contributed by atoms with Gasteiger partial charge in [0, 0.05) is 6.20 Å². The summed E-state index contributed by atoms with van der Waals surface area (Å²) in [5, 5.41) is 15.7. The van der Waals surface area contributed by atoms with Crippen molar-refractivity contribution in [1.29, 1.82) is 0 Å². The summed E-state index contributed by atoms with van der Waals surface area (Å²) in [5.74, 6) is -1.16. The smallest absolute Gasteiger partial charge is 0.408 e. The predicted molar refractivity (Wildman–Crippen MR) is 72.4 cm³/mol. The molecular weight excluding hydrogens is 262 g/mol. The maximum Gasteiger partial charge on any atom is 0.408 e. The minimum Gasteiger partial charge on any atom is -0.479 e. The molecule has 0 bridgehead atoms. The van der Waals surface area contributed by atoms with Crippen LogP contribution in [0.25, 0.3) is 0 Å². The predicted octanol–water partition coefficient (Wildman–Crippen LogP) is 1.56. The Bertz CT molecular complexity index is 504. The van der Waals surface area contributed by atoms with Gasteiger partial charge in [0.05, 0.1) is 12.7 Å². The van der Waals surface area contributed by atoms with Crippen LogP contribution in [-0.2, 0) is 16.1 Å². The molecular formula is C13H21N3O4. The largest absolute Gasteiger partial charge is 0.479 e. The second-order valence-electron chi connectivity index (χ2n) is 5.98. The topological polar surface area (TPSA) is 93.5 Å². The van der Waals surface area contributed by atoms with E-state index in [1.165, 1.54) is 11.6 Å². The summed E-state index contributed by atoms with van der Waals surface area (Å²) in [6.07, 6.45) is 2.56. The summed E-state index contributed by atoms with van der Waals surface area (Å²) in [6, 6.07) is 0. The number of carbonyl (C=O) groups excluding carboxylic acids is 1. The van der Waals surface area contributed by atoms with Gasteiger partial charge in [-0.15, -0.1) is 0 Å². The molecule has 112 valence electrons. The number of alkyl carbamates (subject to hydrolysis) is 1. The Labute approximate surface area is 117 Å². The molecule has 0 saturated carbocycles. The number of carboxylic acid groups (broad SMARTS) is 1. The van der Waals surface area contributed by atoms with E-state index in [9.17, 15) is 14.7 Å². The van der Waals surface area contributed by atoms with E-state index in [4.69, 9.17) is 4.74 Å². The quantitative estimate of drug-likeness (QED) is 0.874. The lowest BCUT2D eigenvalue weighted by atomic mass is 10.0. The molecule has 1 heterocycles. The van der Waals surface area contributed by atoms with Crippen molar-refractivity contribution in [3.05, 3.63) is 18.0 Å². The number of rotatable bonds is 4. The average Bonchev–Trinajstić information content (AvgIpc) is 2.59. The van der Waals surface area contributed by atoms with Crippen LogP contribution in [0.1, 0.15) is 33.3 Å². The van der Waals surface area contributed by atoms with Crippen molar-refractivity contribution >= 4 is 12.1 Å². The Balaban J connectivity index is 2.82. The maximum absolute atomic E-state index is 11.7. The third-order valence-corrected chi connectivity index (χ3v) is 2.49. The number of hydrogen-bond donors (Lipinski definition) is 2. The van der Waals surface area contributed by atoms with Gasteiger partial charge in [-0.2, -0.15) is 5.10 Å². The fourth-order valence-corrected chi connectivity index (χ4v) is 1.57. The minimum atomic E-state index is -1.50. The monoisotopic (exact) mass is 283 g/mol. The molecule has 1 aromatic heterocycles. The highest BCUT2D eigenvalue weighted by Crippen LogP contribution is 2.12. The van der Waals surface area contributed by atoms with E-state index >= 15 is 0 Å². The molecule has 1 unspecified atom stereocenters. The van der Waals surface area contributed by atoms with Crippen molar-refractivity contribution in [2.75, 3.05) is 0 Å². The molecule has 0 aliphatic rings. The van der Waals surface area contributed by atoms with E-state index in [1.807, 2.05) is 6.92 Å². The van der Waals surface area contributed by atoms with Crippen molar-refractivity contribution < 1.29 is 19.4 Å². The first-order chi connectivity index (χ1) is 9.02. The van der Waals surface area contributed by atoms with Gasteiger partial charge in [-0.3, -0.25) is 4.68 Å². The Kier molecular flexibility index (Phi) is 4.42. The Morgan fingerprint density at radius 2 is 2.00 bits per heavy atom. The first-order valence-corrected chi connectivity index (χ1v) is 6.25. The fraction of sp³-hybridized carbons (Fsp3) is 0.615. The number of carbonyl (C=O) groups is 2. The zero-order valence-electron chi connectivity index (χ0n) is 12.4. The van der Waals surface area contributed by atoms with Gasteiger partial charge >= 0.3 is 12.1 Å². The first kappa shape index (κ1) is 16.0. The van der Waals surface area contributed by atoms with Crippen molar-refractivity contribution in [2.24, 2.45) is 0 Å². The Morgan fingerprint density at radius 3 is 2.40 bits per heavy atom. The molecule has 7 nitrogen and oxygen atoms in total. The first-order valence-electron chi connectivity index (χ1n) is 6.25. The van der Waals surface area contributed by atoms with E-state index in [0.29, 0.717) is 0 Å². The molecule has 0 fully saturated rings. The molecule has 1 aromatic rings. The normalized spacial score (nSPS) is 14.4. The van der Waals surface area contributed by atoms with Crippen LogP contribution in [0, 0.1) is 6.92 Å². The second kappa shape index (κ2) is 5.52. The average molecular weight is 283 g/mol. The number of nitrogens with zero attached hydrogens (tertiary/aromatic N) is 2. The van der Waals surface area contributed by atoms with E-state index < -0.39 is 23.2 Å². The molecule has 1 rings (SSSR count). The van der Waals surface area contributed by atoms with Crippen molar-refractivity contribution in [1.82, 2.24) is 15.1 Å². The SMILES string of the molecule is Cc1cnn(CC(C)(NC(=O)OC(C)(C)C)C(=O)O)c1. The lowest BCUT2D eigenvalue weighted by molar-refractivity contribution is -0.144. The highest BCUT2D eigenvalue weighted by atomic mass is 16.6. The molecule has 1 atom stereocenters. The Morgan fingerprint density at radius 1 is 1.40 bits per heavy atom. The van der Waals surface area contributed by atoms with Gasteiger partial charge in [-0.1, -0.05) is 0 Å². The fourth-order valence-electron chi connectivity index (χ4n) is 1.57. The van der Waals surface area contributed by atoms with Crippen LogP contribution in [0.4, 0.5) is 4.79 Å². The third-order valence-electron chi connectivity index (χ3n) is 2.49. The summed E-state index contributed by atoms with van der Waals surface area (Å²) in [5.41, 5.74) is -1.28. The molecule has 0 saturated heterocycles. The van der Waals surface area contributed by atoms with Crippen LogP contribution < -0.4 is 5.32 Å². The van der Waals surface area contributed by atoms with Gasteiger partial charge in [-0.05, 0) is 40.2 Å². The number of aromatic nitrogens is 2. The minimum absolute atomic E-state index is 0.00934.